The van der Waals surface area contributed by atoms with E-state index in [2.05, 4.69) is 15.3 Å². The highest BCUT2D eigenvalue weighted by molar-refractivity contribution is 7.21. The van der Waals surface area contributed by atoms with Gasteiger partial charge >= 0.3 is 5.97 Å². The fourth-order valence-electron chi connectivity index (χ4n) is 4.01. The summed E-state index contributed by atoms with van der Waals surface area (Å²) >= 11 is 2.64. The van der Waals surface area contributed by atoms with Crippen molar-refractivity contribution in [3.63, 3.8) is 0 Å². The van der Waals surface area contributed by atoms with E-state index in [1.54, 1.807) is 13.8 Å². The van der Waals surface area contributed by atoms with Crippen LogP contribution in [0, 0.1) is 6.92 Å². The van der Waals surface area contributed by atoms with Gasteiger partial charge in [-0.25, -0.2) is 9.78 Å². The Balaban J connectivity index is 1.71. The fraction of sp³-hybridized carbons (Fsp3) is 0.455. The molecule has 4 rings (SSSR count). The molecule has 8 nitrogen and oxygen atoms in total. The molecule has 10 heteroatoms. The fourth-order valence-corrected chi connectivity index (χ4v) is 6.38. The highest BCUT2D eigenvalue weighted by Crippen LogP contribution is 2.39. The van der Waals surface area contributed by atoms with Gasteiger partial charge in [0.25, 0.3) is 11.5 Å². The molecule has 3 aromatic heterocycles. The molecule has 0 unspecified atom stereocenters. The molecule has 0 fully saturated rings. The maximum Gasteiger partial charge on any atom is 0.341 e. The Labute approximate surface area is 193 Å². The average Bonchev–Trinajstić information content (AvgIpc) is 3.25. The number of amides is 1. The first-order valence-electron chi connectivity index (χ1n) is 10.6. The Hall–Kier alpha value is -2.56. The van der Waals surface area contributed by atoms with Gasteiger partial charge in [0, 0.05) is 4.88 Å². The molecule has 0 saturated carbocycles. The minimum atomic E-state index is -0.401. The van der Waals surface area contributed by atoms with E-state index in [0.717, 1.165) is 36.1 Å². The summed E-state index contributed by atoms with van der Waals surface area (Å²) in [5.74, 6) is -0.193. The third-order valence-electron chi connectivity index (χ3n) is 5.40. The Kier molecular flexibility index (Phi) is 6.45. The number of fused-ring (bicyclic) bond motifs is 2. The van der Waals surface area contributed by atoms with Crippen LogP contribution in [0.1, 0.15) is 61.6 Å². The number of ether oxygens (including phenoxy) is 1. The summed E-state index contributed by atoms with van der Waals surface area (Å²) in [5.41, 5.74) is 1.81. The monoisotopic (exact) mass is 474 g/mol. The molecule has 2 N–H and O–H groups in total. The summed E-state index contributed by atoms with van der Waals surface area (Å²) in [6.45, 7) is 4.29. The molecule has 0 aliphatic heterocycles. The molecule has 0 aromatic carbocycles. The molecule has 1 aliphatic carbocycles. The summed E-state index contributed by atoms with van der Waals surface area (Å²) < 4.78 is 5.27. The Morgan fingerprint density at radius 1 is 1.22 bits per heavy atom. The molecule has 0 atom stereocenters. The lowest BCUT2D eigenvalue weighted by Gasteiger charge is -2.12. The number of nitrogens with one attached hydrogen (secondary N) is 2. The predicted octanol–water partition coefficient (Wildman–Crippen LogP) is 3.72. The van der Waals surface area contributed by atoms with Gasteiger partial charge < -0.3 is 19.9 Å². The topological polar surface area (TPSA) is 104 Å². The van der Waals surface area contributed by atoms with E-state index in [-0.39, 0.29) is 18.1 Å². The molecular weight excluding hydrogens is 448 g/mol. The van der Waals surface area contributed by atoms with Crippen molar-refractivity contribution < 1.29 is 14.3 Å². The van der Waals surface area contributed by atoms with Gasteiger partial charge in [0.1, 0.15) is 15.7 Å². The standard InChI is InChI=1S/C22H26N4O4S2/c1-5-30-22(29)16-12-8-6-7-9-13(12)31-21(16)25-19(28)17-11(2)15-18(27)23-14(10-26(3)4)24-20(15)32-17/h5-10H2,1-4H3,(H,25,28)(H,23,24,27). The summed E-state index contributed by atoms with van der Waals surface area (Å²) in [7, 11) is 3.79. The van der Waals surface area contributed by atoms with Gasteiger partial charge in [0.05, 0.1) is 29.0 Å². The van der Waals surface area contributed by atoms with Crippen LogP contribution in [0.15, 0.2) is 4.79 Å². The van der Waals surface area contributed by atoms with Crippen LogP contribution in [0.25, 0.3) is 10.2 Å². The minimum absolute atomic E-state index is 0.251. The number of carbonyl (C=O) groups is 2. The molecule has 1 amide bonds. The molecule has 32 heavy (non-hydrogen) atoms. The Morgan fingerprint density at radius 2 is 1.97 bits per heavy atom. The summed E-state index contributed by atoms with van der Waals surface area (Å²) in [6.07, 6.45) is 3.80. The molecule has 0 radical (unpaired) electrons. The maximum atomic E-state index is 13.2. The largest absolute Gasteiger partial charge is 0.462 e. The van der Waals surface area contributed by atoms with Crippen molar-refractivity contribution in [1.29, 1.82) is 0 Å². The van der Waals surface area contributed by atoms with Crippen molar-refractivity contribution in [2.75, 3.05) is 26.0 Å². The molecule has 170 valence electrons. The number of esters is 1. The number of carbonyl (C=O) groups excluding carboxylic acids is 2. The zero-order valence-corrected chi connectivity index (χ0v) is 20.2. The van der Waals surface area contributed by atoms with Gasteiger partial charge in [0.15, 0.2) is 0 Å². The molecule has 0 bridgehead atoms. The first-order chi connectivity index (χ1) is 15.3. The number of rotatable bonds is 6. The van der Waals surface area contributed by atoms with Crippen LogP contribution >= 0.6 is 22.7 Å². The van der Waals surface area contributed by atoms with E-state index in [9.17, 15) is 14.4 Å². The van der Waals surface area contributed by atoms with E-state index < -0.39 is 5.97 Å². The first-order valence-corrected chi connectivity index (χ1v) is 12.2. The highest BCUT2D eigenvalue weighted by atomic mass is 32.1. The van der Waals surface area contributed by atoms with Crippen molar-refractivity contribution in [3.8, 4) is 0 Å². The number of thiophene rings is 2. The molecule has 0 spiro atoms. The second-order valence-electron chi connectivity index (χ2n) is 8.08. The zero-order valence-electron chi connectivity index (χ0n) is 18.6. The van der Waals surface area contributed by atoms with Crippen molar-refractivity contribution in [2.24, 2.45) is 0 Å². The zero-order chi connectivity index (χ0) is 23.0. The van der Waals surface area contributed by atoms with Crippen LogP contribution in [-0.4, -0.2) is 47.4 Å². The predicted molar refractivity (Wildman–Crippen MR) is 127 cm³/mol. The second-order valence-corrected chi connectivity index (χ2v) is 10.2. The number of nitrogens with zero attached hydrogens (tertiary/aromatic N) is 2. The van der Waals surface area contributed by atoms with Crippen molar-refractivity contribution >= 4 is 49.8 Å². The summed E-state index contributed by atoms with van der Waals surface area (Å²) in [6, 6.07) is 0. The number of hydrogen-bond donors (Lipinski definition) is 2. The normalized spacial score (nSPS) is 13.4. The minimum Gasteiger partial charge on any atom is -0.462 e. The number of aromatic nitrogens is 2. The molecule has 3 heterocycles. The first kappa shape index (κ1) is 22.6. The number of aryl methyl sites for hydroxylation is 2. The lowest BCUT2D eigenvalue weighted by atomic mass is 9.95. The number of H-pyrrole nitrogens is 1. The van der Waals surface area contributed by atoms with E-state index in [1.165, 1.54) is 22.7 Å². The van der Waals surface area contributed by atoms with Gasteiger partial charge in [0.2, 0.25) is 0 Å². The SMILES string of the molecule is CCOC(=O)c1c(NC(=O)c2sc3nc(CN(C)C)[nH]c(=O)c3c2C)sc2c1CCCC2. The number of hydrogen-bond acceptors (Lipinski definition) is 8. The smallest absolute Gasteiger partial charge is 0.341 e. The van der Waals surface area contributed by atoms with Crippen molar-refractivity contribution in [1.82, 2.24) is 14.9 Å². The van der Waals surface area contributed by atoms with Gasteiger partial charge in [-0.15, -0.1) is 22.7 Å². The third-order valence-corrected chi connectivity index (χ3v) is 7.79. The van der Waals surface area contributed by atoms with E-state index in [0.29, 0.717) is 43.6 Å². The lowest BCUT2D eigenvalue weighted by molar-refractivity contribution is 0.0526. The van der Waals surface area contributed by atoms with E-state index in [4.69, 9.17) is 4.74 Å². The van der Waals surface area contributed by atoms with Crippen LogP contribution in [0.5, 0.6) is 0 Å². The number of aromatic amines is 1. The lowest BCUT2D eigenvalue weighted by Crippen LogP contribution is -2.18. The molecule has 0 saturated heterocycles. The molecule has 3 aromatic rings. The van der Waals surface area contributed by atoms with Crippen molar-refractivity contribution in [2.45, 2.75) is 46.1 Å². The maximum absolute atomic E-state index is 13.2. The van der Waals surface area contributed by atoms with Crippen LogP contribution in [0.3, 0.4) is 0 Å². The average molecular weight is 475 g/mol. The van der Waals surface area contributed by atoms with Crippen LogP contribution in [0.2, 0.25) is 0 Å². The van der Waals surface area contributed by atoms with Crippen LogP contribution in [0.4, 0.5) is 5.00 Å². The van der Waals surface area contributed by atoms with Crippen molar-refractivity contribution in [3.05, 3.63) is 42.6 Å². The second kappa shape index (κ2) is 9.13. The molecular formula is C22H26N4O4S2. The van der Waals surface area contributed by atoms with Gasteiger partial charge in [-0.05, 0) is 64.8 Å². The quantitative estimate of drug-likeness (QED) is 0.528. The van der Waals surface area contributed by atoms with Gasteiger partial charge in [-0.1, -0.05) is 0 Å². The van der Waals surface area contributed by atoms with E-state index in [1.807, 2.05) is 19.0 Å². The van der Waals surface area contributed by atoms with E-state index >= 15 is 0 Å². The number of anilines is 1. The third kappa shape index (κ3) is 4.22. The Bertz CT molecular complexity index is 1260. The summed E-state index contributed by atoms with van der Waals surface area (Å²) in [5, 5.41) is 3.88. The molecule has 1 aliphatic rings. The summed E-state index contributed by atoms with van der Waals surface area (Å²) in [4.78, 5) is 49.9. The highest BCUT2D eigenvalue weighted by Gasteiger charge is 2.28. The van der Waals surface area contributed by atoms with Gasteiger partial charge in [-0.3, -0.25) is 9.59 Å². The Morgan fingerprint density at radius 3 is 2.69 bits per heavy atom. The van der Waals surface area contributed by atoms with Crippen LogP contribution in [-0.2, 0) is 24.1 Å². The van der Waals surface area contributed by atoms with Gasteiger partial charge in [-0.2, -0.15) is 0 Å². The van der Waals surface area contributed by atoms with Crippen LogP contribution < -0.4 is 10.9 Å².